The number of hydrogen-bond acceptors (Lipinski definition) is 3. The van der Waals surface area contributed by atoms with E-state index in [1.54, 1.807) is 0 Å². The van der Waals surface area contributed by atoms with Crippen LogP contribution in [0.4, 0.5) is 5.69 Å². The van der Waals surface area contributed by atoms with Crippen LogP contribution in [0.5, 0.6) is 0 Å². The molecule has 2 aromatic rings. The predicted molar refractivity (Wildman–Crippen MR) is 86.8 cm³/mol. The summed E-state index contributed by atoms with van der Waals surface area (Å²) in [5.41, 5.74) is 1.21. The van der Waals surface area contributed by atoms with Crippen molar-refractivity contribution in [1.82, 2.24) is 14.9 Å². The van der Waals surface area contributed by atoms with Crippen LogP contribution in [-0.4, -0.2) is 28.7 Å². The van der Waals surface area contributed by atoms with Crippen molar-refractivity contribution in [3.05, 3.63) is 47.5 Å². The van der Waals surface area contributed by atoms with Gasteiger partial charge in [-0.1, -0.05) is 17.7 Å². The highest BCUT2D eigenvalue weighted by atomic mass is 35.5. The number of aryl methyl sites for hydroxylation is 1. The third-order valence-electron chi connectivity index (χ3n) is 4.05. The Labute approximate surface area is 130 Å². The smallest absolute Gasteiger partial charge is 0.122 e. The fraction of sp³-hybridized carbons (Fsp3) is 0.438. The van der Waals surface area contributed by atoms with Crippen LogP contribution in [0.15, 0.2) is 36.7 Å². The average Bonchev–Trinajstić information content (AvgIpc) is 3.14. The number of rotatable bonds is 5. The molecule has 0 bridgehead atoms. The van der Waals surface area contributed by atoms with Crippen molar-refractivity contribution in [3.63, 3.8) is 0 Å². The van der Waals surface area contributed by atoms with E-state index in [4.69, 9.17) is 11.6 Å². The van der Waals surface area contributed by atoms with Crippen molar-refractivity contribution in [3.8, 4) is 0 Å². The van der Waals surface area contributed by atoms with E-state index in [-0.39, 0.29) is 0 Å². The van der Waals surface area contributed by atoms with Crippen LogP contribution in [0.25, 0.3) is 0 Å². The Morgan fingerprint density at radius 3 is 3.14 bits per heavy atom. The summed E-state index contributed by atoms with van der Waals surface area (Å²) in [5.74, 6) is 1.11. The standard InChI is InChI=1S/C16H21ClN4/c1-2-20-9-7-18-16(20)11-19-14-6-8-21(12-14)15-5-3-4-13(17)10-15/h3-5,7,9-10,14,19H,2,6,8,11-12H2,1H3. The topological polar surface area (TPSA) is 33.1 Å². The fourth-order valence-electron chi connectivity index (χ4n) is 2.86. The van der Waals surface area contributed by atoms with Crippen LogP contribution in [-0.2, 0) is 13.1 Å². The Bertz CT molecular complexity index is 595. The minimum Gasteiger partial charge on any atom is -0.370 e. The molecular weight excluding hydrogens is 284 g/mol. The van der Waals surface area contributed by atoms with Gasteiger partial charge in [0.15, 0.2) is 0 Å². The Kier molecular flexibility index (Phi) is 4.46. The van der Waals surface area contributed by atoms with Gasteiger partial charge >= 0.3 is 0 Å². The third-order valence-corrected chi connectivity index (χ3v) is 4.29. The summed E-state index contributed by atoms with van der Waals surface area (Å²) in [4.78, 5) is 6.79. The van der Waals surface area contributed by atoms with Gasteiger partial charge in [-0.15, -0.1) is 0 Å². The van der Waals surface area contributed by atoms with Gasteiger partial charge in [-0.2, -0.15) is 0 Å². The minimum atomic E-state index is 0.506. The molecule has 0 aliphatic carbocycles. The van der Waals surface area contributed by atoms with Crippen molar-refractivity contribution < 1.29 is 0 Å². The summed E-state index contributed by atoms with van der Waals surface area (Å²) in [6.45, 7) is 6.03. The molecule has 0 saturated carbocycles. The van der Waals surface area contributed by atoms with Crippen molar-refractivity contribution in [1.29, 1.82) is 0 Å². The lowest BCUT2D eigenvalue weighted by Gasteiger charge is -2.19. The molecule has 21 heavy (non-hydrogen) atoms. The summed E-state index contributed by atoms with van der Waals surface area (Å²) in [6.07, 6.45) is 5.05. The largest absolute Gasteiger partial charge is 0.370 e. The van der Waals surface area contributed by atoms with Crippen LogP contribution in [0.1, 0.15) is 19.2 Å². The number of nitrogens with zero attached hydrogens (tertiary/aromatic N) is 3. The van der Waals surface area contributed by atoms with Gasteiger partial charge in [-0.25, -0.2) is 4.98 Å². The second-order valence-corrected chi connectivity index (χ2v) is 5.86. The number of anilines is 1. The van der Waals surface area contributed by atoms with Crippen LogP contribution < -0.4 is 10.2 Å². The zero-order valence-corrected chi connectivity index (χ0v) is 13.1. The number of halogens is 1. The zero-order chi connectivity index (χ0) is 14.7. The molecule has 0 radical (unpaired) electrons. The first-order valence-corrected chi connectivity index (χ1v) is 7.88. The van der Waals surface area contributed by atoms with E-state index < -0.39 is 0 Å². The lowest BCUT2D eigenvalue weighted by molar-refractivity contribution is 0.524. The van der Waals surface area contributed by atoms with E-state index in [2.05, 4.69) is 32.8 Å². The monoisotopic (exact) mass is 304 g/mol. The molecule has 1 N–H and O–H groups in total. The summed E-state index contributed by atoms with van der Waals surface area (Å²) in [5, 5.41) is 4.41. The maximum atomic E-state index is 6.07. The van der Waals surface area contributed by atoms with Crippen molar-refractivity contribution >= 4 is 17.3 Å². The quantitative estimate of drug-likeness (QED) is 0.922. The molecule has 0 amide bonds. The van der Waals surface area contributed by atoms with Crippen molar-refractivity contribution in [2.24, 2.45) is 0 Å². The third kappa shape index (κ3) is 3.39. The molecule has 1 aliphatic heterocycles. The van der Waals surface area contributed by atoms with Gasteiger partial charge in [0.2, 0.25) is 0 Å². The van der Waals surface area contributed by atoms with E-state index in [1.165, 1.54) is 5.69 Å². The van der Waals surface area contributed by atoms with Gasteiger partial charge in [-0.05, 0) is 31.5 Å². The Balaban J connectivity index is 1.55. The van der Waals surface area contributed by atoms with Crippen LogP contribution in [0, 0.1) is 0 Å². The molecule has 1 atom stereocenters. The van der Waals surface area contributed by atoms with Gasteiger partial charge in [-0.3, -0.25) is 0 Å². The second-order valence-electron chi connectivity index (χ2n) is 5.42. The summed E-state index contributed by atoms with van der Waals surface area (Å²) < 4.78 is 2.18. The number of imidazole rings is 1. The van der Waals surface area contributed by atoms with E-state index >= 15 is 0 Å². The van der Waals surface area contributed by atoms with E-state index in [9.17, 15) is 0 Å². The highest BCUT2D eigenvalue weighted by Gasteiger charge is 2.22. The molecule has 4 nitrogen and oxygen atoms in total. The Morgan fingerprint density at radius 1 is 1.43 bits per heavy atom. The normalized spacial score (nSPS) is 18.4. The van der Waals surface area contributed by atoms with Gasteiger partial charge in [0.1, 0.15) is 5.82 Å². The predicted octanol–water partition coefficient (Wildman–Crippen LogP) is 2.92. The molecule has 3 rings (SSSR count). The molecule has 0 spiro atoms. The van der Waals surface area contributed by atoms with Crippen LogP contribution in [0.3, 0.4) is 0 Å². The minimum absolute atomic E-state index is 0.506. The summed E-state index contributed by atoms with van der Waals surface area (Å²) in [6, 6.07) is 8.59. The maximum Gasteiger partial charge on any atom is 0.122 e. The highest BCUT2D eigenvalue weighted by molar-refractivity contribution is 6.30. The number of nitrogens with one attached hydrogen (secondary N) is 1. The van der Waals surface area contributed by atoms with Crippen molar-refractivity contribution in [2.45, 2.75) is 32.5 Å². The van der Waals surface area contributed by atoms with Gasteiger partial charge < -0.3 is 14.8 Å². The van der Waals surface area contributed by atoms with E-state index in [0.29, 0.717) is 6.04 Å². The molecule has 2 heterocycles. The van der Waals surface area contributed by atoms with Gasteiger partial charge in [0, 0.05) is 48.8 Å². The molecule has 112 valence electrons. The first-order chi connectivity index (χ1) is 10.3. The average molecular weight is 305 g/mol. The number of aromatic nitrogens is 2. The SMILES string of the molecule is CCn1ccnc1CNC1CCN(c2cccc(Cl)c2)C1. The summed E-state index contributed by atoms with van der Waals surface area (Å²) >= 11 is 6.07. The molecule has 1 aromatic carbocycles. The molecule has 1 saturated heterocycles. The number of hydrogen-bond donors (Lipinski definition) is 1. The Hall–Kier alpha value is -1.52. The van der Waals surface area contributed by atoms with E-state index in [0.717, 1.165) is 43.4 Å². The highest BCUT2D eigenvalue weighted by Crippen LogP contribution is 2.23. The zero-order valence-electron chi connectivity index (χ0n) is 12.3. The Morgan fingerprint density at radius 2 is 2.33 bits per heavy atom. The number of benzene rings is 1. The second kappa shape index (κ2) is 6.50. The first-order valence-electron chi connectivity index (χ1n) is 7.50. The van der Waals surface area contributed by atoms with Gasteiger partial charge in [0.25, 0.3) is 0 Å². The molecule has 1 unspecified atom stereocenters. The maximum absolute atomic E-state index is 6.07. The summed E-state index contributed by atoms with van der Waals surface area (Å²) in [7, 11) is 0. The van der Waals surface area contributed by atoms with Gasteiger partial charge in [0.05, 0.1) is 6.54 Å². The van der Waals surface area contributed by atoms with Crippen LogP contribution in [0.2, 0.25) is 5.02 Å². The lowest BCUT2D eigenvalue weighted by atomic mass is 10.2. The molecule has 1 aromatic heterocycles. The lowest BCUT2D eigenvalue weighted by Crippen LogP contribution is -2.32. The molecule has 1 fully saturated rings. The molecule has 1 aliphatic rings. The first kappa shape index (κ1) is 14.4. The molecule has 5 heteroatoms. The van der Waals surface area contributed by atoms with E-state index in [1.807, 2.05) is 30.6 Å². The van der Waals surface area contributed by atoms with Crippen molar-refractivity contribution in [2.75, 3.05) is 18.0 Å². The van der Waals surface area contributed by atoms with Crippen LogP contribution >= 0.6 is 11.6 Å². The molecular formula is C16H21ClN4. The fourth-order valence-corrected chi connectivity index (χ4v) is 3.05.